The zero-order valence-electron chi connectivity index (χ0n) is 9.13. The van der Waals surface area contributed by atoms with E-state index in [2.05, 4.69) is 6.92 Å². The Kier molecular flexibility index (Phi) is 2.11. The summed E-state index contributed by atoms with van der Waals surface area (Å²) in [6.45, 7) is 4.21. The average Bonchev–Trinajstić information content (AvgIpc) is 2.67. The van der Waals surface area contributed by atoms with E-state index in [4.69, 9.17) is 9.47 Å². The second-order valence-corrected chi connectivity index (χ2v) is 4.62. The molecule has 1 aliphatic carbocycles. The summed E-state index contributed by atoms with van der Waals surface area (Å²) in [7, 11) is 1.44. The van der Waals surface area contributed by atoms with Gasteiger partial charge in [-0.3, -0.25) is 0 Å². The van der Waals surface area contributed by atoms with Crippen LogP contribution in [0.5, 0.6) is 0 Å². The Morgan fingerprint density at radius 1 is 1.64 bits per heavy atom. The van der Waals surface area contributed by atoms with Crippen LogP contribution in [-0.4, -0.2) is 24.3 Å². The molecule has 2 aliphatic rings. The van der Waals surface area contributed by atoms with E-state index in [-0.39, 0.29) is 11.6 Å². The molecule has 1 saturated heterocycles. The minimum absolute atomic E-state index is 0.172. The molecular formula is C11H18O3. The molecule has 1 heterocycles. The molecule has 0 aromatic heterocycles. The van der Waals surface area contributed by atoms with Crippen LogP contribution in [0.1, 0.15) is 39.5 Å². The van der Waals surface area contributed by atoms with E-state index in [1.54, 1.807) is 0 Å². The highest BCUT2D eigenvalue weighted by Crippen LogP contribution is 2.61. The van der Waals surface area contributed by atoms with Crippen molar-refractivity contribution < 1.29 is 14.3 Å². The van der Waals surface area contributed by atoms with Gasteiger partial charge >= 0.3 is 5.97 Å². The van der Waals surface area contributed by atoms with Crippen molar-refractivity contribution in [2.24, 2.45) is 5.92 Å². The van der Waals surface area contributed by atoms with Gasteiger partial charge in [-0.05, 0) is 31.6 Å². The van der Waals surface area contributed by atoms with Crippen molar-refractivity contribution in [1.29, 1.82) is 0 Å². The van der Waals surface area contributed by atoms with Crippen LogP contribution >= 0.6 is 0 Å². The first-order valence-electron chi connectivity index (χ1n) is 5.39. The topological polar surface area (TPSA) is 38.8 Å². The number of carbonyl (C=O) groups excluding carboxylic acids is 1. The lowest BCUT2D eigenvalue weighted by Gasteiger charge is -2.11. The van der Waals surface area contributed by atoms with Gasteiger partial charge in [0.15, 0.2) is 5.60 Å². The summed E-state index contributed by atoms with van der Waals surface area (Å²) in [4.78, 5) is 11.6. The largest absolute Gasteiger partial charge is 0.467 e. The van der Waals surface area contributed by atoms with E-state index in [0.717, 1.165) is 19.3 Å². The standard InChI is InChI=1S/C11H18O3/c1-4-11(9(12)13-3)10(14-11)6-5-8(2)7-10/h8H,4-7H2,1-3H3. The molecule has 0 aromatic rings. The molecule has 1 aliphatic heterocycles. The molecule has 1 saturated carbocycles. The molecule has 0 N–H and O–H groups in total. The van der Waals surface area contributed by atoms with Crippen LogP contribution in [0.4, 0.5) is 0 Å². The van der Waals surface area contributed by atoms with Crippen LogP contribution < -0.4 is 0 Å². The second kappa shape index (κ2) is 2.96. The first kappa shape index (κ1) is 9.97. The summed E-state index contributed by atoms with van der Waals surface area (Å²) in [5.74, 6) is 0.488. The molecule has 1 spiro atoms. The Morgan fingerprint density at radius 3 is 2.79 bits per heavy atom. The summed E-state index contributed by atoms with van der Waals surface area (Å²) >= 11 is 0. The van der Waals surface area contributed by atoms with Gasteiger partial charge in [-0.25, -0.2) is 4.79 Å². The fraction of sp³-hybridized carbons (Fsp3) is 0.909. The van der Waals surface area contributed by atoms with Crippen LogP contribution in [0.25, 0.3) is 0 Å². The van der Waals surface area contributed by atoms with Crippen LogP contribution in [0.15, 0.2) is 0 Å². The Morgan fingerprint density at radius 2 is 2.36 bits per heavy atom. The third-order valence-electron chi connectivity index (χ3n) is 3.80. The molecule has 3 unspecified atom stereocenters. The van der Waals surface area contributed by atoms with Crippen molar-refractivity contribution >= 4 is 5.97 Å². The SMILES string of the molecule is CCC1(C(=O)OC)OC12CCC(C)C2. The van der Waals surface area contributed by atoms with Crippen molar-refractivity contribution in [1.82, 2.24) is 0 Å². The highest BCUT2D eigenvalue weighted by Gasteiger charge is 2.75. The molecule has 2 fully saturated rings. The maximum absolute atomic E-state index is 11.6. The van der Waals surface area contributed by atoms with Gasteiger partial charge in [0, 0.05) is 0 Å². The van der Waals surface area contributed by atoms with E-state index >= 15 is 0 Å². The molecule has 0 bridgehead atoms. The Hall–Kier alpha value is -0.570. The Bertz CT molecular complexity index is 263. The van der Waals surface area contributed by atoms with Gasteiger partial charge < -0.3 is 9.47 Å². The molecule has 0 radical (unpaired) electrons. The zero-order chi connectivity index (χ0) is 10.4. The van der Waals surface area contributed by atoms with Crippen LogP contribution in [0.2, 0.25) is 0 Å². The highest BCUT2D eigenvalue weighted by atomic mass is 16.7. The summed E-state index contributed by atoms with van der Waals surface area (Å²) in [5.41, 5.74) is -0.777. The number of rotatable bonds is 2. The van der Waals surface area contributed by atoms with Crippen molar-refractivity contribution in [2.75, 3.05) is 7.11 Å². The van der Waals surface area contributed by atoms with E-state index in [0.29, 0.717) is 5.92 Å². The fourth-order valence-corrected chi connectivity index (χ4v) is 2.95. The Balaban J connectivity index is 2.16. The lowest BCUT2D eigenvalue weighted by molar-refractivity contribution is -0.147. The molecule has 3 atom stereocenters. The number of methoxy groups -OCH3 is 1. The van der Waals surface area contributed by atoms with Crippen LogP contribution in [0, 0.1) is 5.92 Å². The minimum Gasteiger partial charge on any atom is -0.467 e. The highest BCUT2D eigenvalue weighted by molar-refractivity contribution is 5.84. The first-order valence-corrected chi connectivity index (χ1v) is 5.39. The van der Waals surface area contributed by atoms with E-state index in [1.807, 2.05) is 6.92 Å². The van der Waals surface area contributed by atoms with E-state index in [1.165, 1.54) is 13.5 Å². The predicted molar refractivity (Wildman–Crippen MR) is 51.9 cm³/mol. The van der Waals surface area contributed by atoms with Gasteiger partial charge in [-0.1, -0.05) is 13.8 Å². The average molecular weight is 198 g/mol. The molecule has 0 amide bonds. The quantitative estimate of drug-likeness (QED) is 0.502. The van der Waals surface area contributed by atoms with Gasteiger partial charge in [0.25, 0.3) is 0 Å². The fourth-order valence-electron chi connectivity index (χ4n) is 2.95. The summed E-state index contributed by atoms with van der Waals surface area (Å²) in [6.07, 6.45) is 3.91. The maximum atomic E-state index is 11.6. The second-order valence-electron chi connectivity index (χ2n) is 4.62. The summed E-state index contributed by atoms with van der Waals surface area (Å²) < 4.78 is 10.6. The van der Waals surface area contributed by atoms with E-state index < -0.39 is 5.60 Å². The normalized spacial score (nSPS) is 45.5. The molecular weight excluding hydrogens is 180 g/mol. The zero-order valence-corrected chi connectivity index (χ0v) is 9.13. The van der Waals surface area contributed by atoms with Crippen molar-refractivity contribution in [3.05, 3.63) is 0 Å². The monoisotopic (exact) mass is 198 g/mol. The van der Waals surface area contributed by atoms with E-state index in [9.17, 15) is 4.79 Å². The number of hydrogen-bond acceptors (Lipinski definition) is 3. The van der Waals surface area contributed by atoms with Gasteiger partial charge in [0.1, 0.15) is 5.60 Å². The number of ether oxygens (including phenoxy) is 2. The first-order chi connectivity index (χ1) is 6.60. The molecule has 0 aromatic carbocycles. The number of esters is 1. The lowest BCUT2D eigenvalue weighted by Crippen LogP contribution is -2.33. The van der Waals surface area contributed by atoms with Gasteiger partial charge in [-0.2, -0.15) is 0 Å². The van der Waals surface area contributed by atoms with Crippen molar-refractivity contribution in [3.63, 3.8) is 0 Å². The van der Waals surface area contributed by atoms with Gasteiger partial charge in [-0.15, -0.1) is 0 Å². The third kappa shape index (κ3) is 1.05. The van der Waals surface area contributed by atoms with Gasteiger partial charge in [0.05, 0.1) is 7.11 Å². The minimum atomic E-state index is -0.605. The number of carbonyl (C=O) groups is 1. The molecule has 80 valence electrons. The number of epoxide rings is 1. The summed E-state index contributed by atoms with van der Waals surface area (Å²) in [5, 5.41) is 0. The van der Waals surface area contributed by atoms with Crippen molar-refractivity contribution in [3.8, 4) is 0 Å². The molecule has 2 rings (SSSR count). The van der Waals surface area contributed by atoms with Crippen LogP contribution in [0.3, 0.4) is 0 Å². The molecule has 3 heteroatoms. The maximum Gasteiger partial charge on any atom is 0.341 e. The third-order valence-corrected chi connectivity index (χ3v) is 3.80. The molecule has 3 nitrogen and oxygen atoms in total. The van der Waals surface area contributed by atoms with Crippen molar-refractivity contribution in [2.45, 2.75) is 50.7 Å². The summed E-state index contributed by atoms with van der Waals surface area (Å²) in [6, 6.07) is 0. The van der Waals surface area contributed by atoms with Crippen LogP contribution in [-0.2, 0) is 14.3 Å². The predicted octanol–water partition coefficient (Wildman–Crippen LogP) is 1.90. The van der Waals surface area contributed by atoms with Gasteiger partial charge in [0.2, 0.25) is 0 Å². The Labute approximate surface area is 84.8 Å². The molecule has 14 heavy (non-hydrogen) atoms. The number of hydrogen-bond donors (Lipinski definition) is 0. The lowest BCUT2D eigenvalue weighted by atomic mass is 9.88. The smallest absolute Gasteiger partial charge is 0.341 e.